The zero-order valence-electron chi connectivity index (χ0n) is 14.2. The number of hydrogen-bond donors (Lipinski definition) is 1. The summed E-state index contributed by atoms with van der Waals surface area (Å²) in [6, 6.07) is 4.09. The highest BCUT2D eigenvalue weighted by Gasteiger charge is 2.39. The third-order valence-electron chi connectivity index (χ3n) is 5.04. The minimum absolute atomic E-state index is 0.181. The number of aliphatic carboxylic acids is 1. The lowest BCUT2D eigenvalue weighted by atomic mass is 9.97. The first-order valence-corrected chi connectivity index (χ1v) is 9.41. The van der Waals surface area contributed by atoms with Crippen LogP contribution in [0.5, 0.6) is 0 Å². The molecule has 1 aromatic carbocycles. The van der Waals surface area contributed by atoms with Crippen molar-refractivity contribution in [3.05, 3.63) is 33.8 Å². The van der Waals surface area contributed by atoms with Gasteiger partial charge < -0.3 is 14.9 Å². The molecule has 3 rings (SSSR count). The zero-order chi connectivity index (χ0) is 18.8. The van der Waals surface area contributed by atoms with Crippen molar-refractivity contribution in [3.8, 4) is 0 Å². The maximum Gasteiger partial charge on any atom is 0.308 e. The molecule has 6 nitrogen and oxygen atoms in total. The first-order chi connectivity index (χ1) is 12.4. The molecule has 2 fully saturated rings. The lowest BCUT2D eigenvalue weighted by Crippen LogP contribution is -2.51. The van der Waals surface area contributed by atoms with Gasteiger partial charge in [-0.25, -0.2) is 0 Å². The van der Waals surface area contributed by atoms with Gasteiger partial charge in [-0.1, -0.05) is 23.2 Å². The number of likely N-dealkylation sites (tertiary alicyclic amines) is 2. The zero-order valence-corrected chi connectivity index (χ0v) is 15.7. The van der Waals surface area contributed by atoms with Gasteiger partial charge in [-0.2, -0.15) is 0 Å². The molecular formula is C18H20Cl2N2O4. The van der Waals surface area contributed by atoms with Crippen molar-refractivity contribution in [3.63, 3.8) is 0 Å². The Kier molecular flexibility index (Phi) is 5.73. The van der Waals surface area contributed by atoms with Gasteiger partial charge in [0.1, 0.15) is 6.04 Å². The molecule has 1 aromatic rings. The summed E-state index contributed by atoms with van der Waals surface area (Å²) in [7, 11) is 0. The van der Waals surface area contributed by atoms with E-state index < -0.39 is 17.9 Å². The molecular weight excluding hydrogens is 379 g/mol. The summed E-state index contributed by atoms with van der Waals surface area (Å²) in [6.07, 6.45) is 2.52. The number of piperidine rings is 1. The number of carboxylic acid groups (broad SMARTS) is 1. The van der Waals surface area contributed by atoms with Gasteiger partial charge in [0, 0.05) is 24.7 Å². The van der Waals surface area contributed by atoms with Gasteiger partial charge in [0.2, 0.25) is 5.91 Å². The van der Waals surface area contributed by atoms with Crippen molar-refractivity contribution >= 4 is 41.0 Å². The Morgan fingerprint density at radius 2 is 1.81 bits per heavy atom. The summed E-state index contributed by atoms with van der Waals surface area (Å²) in [5, 5.41) is 9.91. The van der Waals surface area contributed by atoms with Crippen LogP contribution in [0.25, 0.3) is 0 Å². The Hall–Kier alpha value is -1.79. The van der Waals surface area contributed by atoms with E-state index in [1.165, 1.54) is 11.0 Å². The summed E-state index contributed by atoms with van der Waals surface area (Å²) in [5.74, 6) is -1.92. The Balaban J connectivity index is 1.77. The quantitative estimate of drug-likeness (QED) is 0.848. The van der Waals surface area contributed by atoms with Crippen molar-refractivity contribution < 1.29 is 19.5 Å². The van der Waals surface area contributed by atoms with E-state index in [1.54, 1.807) is 17.0 Å². The second-order valence-corrected chi connectivity index (χ2v) is 7.59. The SMILES string of the molecule is O=C(O)[C@H]1CCCN(C(=O)[C@@H]2CCCN2C(=O)c2cc(Cl)ccc2Cl)C1. The van der Waals surface area contributed by atoms with Crippen molar-refractivity contribution in [2.75, 3.05) is 19.6 Å². The number of benzene rings is 1. The van der Waals surface area contributed by atoms with E-state index in [-0.39, 0.29) is 23.9 Å². The first-order valence-electron chi connectivity index (χ1n) is 8.66. The van der Waals surface area contributed by atoms with Crippen LogP contribution >= 0.6 is 23.2 Å². The summed E-state index contributed by atoms with van der Waals surface area (Å²) in [6.45, 7) is 1.19. The topological polar surface area (TPSA) is 77.9 Å². The van der Waals surface area contributed by atoms with Gasteiger partial charge in [0.15, 0.2) is 0 Å². The van der Waals surface area contributed by atoms with E-state index in [9.17, 15) is 19.5 Å². The third kappa shape index (κ3) is 3.81. The van der Waals surface area contributed by atoms with Gasteiger partial charge in [-0.3, -0.25) is 14.4 Å². The van der Waals surface area contributed by atoms with Crippen LogP contribution in [-0.2, 0) is 9.59 Å². The molecule has 2 aliphatic heterocycles. The molecule has 2 aliphatic rings. The molecule has 2 heterocycles. The summed E-state index contributed by atoms with van der Waals surface area (Å²) >= 11 is 12.1. The van der Waals surface area contributed by atoms with Crippen molar-refractivity contribution in [1.82, 2.24) is 9.80 Å². The monoisotopic (exact) mass is 398 g/mol. The van der Waals surface area contributed by atoms with E-state index in [0.717, 1.165) is 6.42 Å². The minimum atomic E-state index is -0.882. The van der Waals surface area contributed by atoms with Crippen LogP contribution in [0.15, 0.2) is 18.2 Å². The minimum Gasteiger partial charge on any atom is -0.481 e. The normalized spacial score (nSPS) is 23.2. The van der Waals surface area contributed by atoms with Gasteiger partial charge >= 0.3 is 5.97 Å². The third-order valence-corrected chi connectivity index (χ3v) is 5.60. The highest BCUT2D eigenvalue weighted by atomic mass is 35.5. The molecule has 8 heteroatoms. The van der Waals surface area contributed by atoms with Gasteiger partial charge in [-0.15, -0.1) is 0 Å². The van der Waals surface area contributed by atoms with Crippen molar-refractivity contribution in [1.29, 1.82) is 0 Å². The molecule has 0 aromatic heterocycles. The molecule has 26 heavy (non-hydrogen) atoms. The Morgan fingerprint density at radius 3 is 2.54 bits per heavy atom. The van der Waals surface area contributed by atoms with Crippen LogP contribution in [-0.4, -0.2) is 58.4 Å². The molecule has 140 valence electrons. The lowest BCUT2D eigenvalue weighted by molar-refractivity contribution is -0.146. The number of amides is 2. The van der Waals surface area contributed by atoms with Crippen LogP contribution in [0, 0.1) is 5.92 Å². The predicted molar refractivity (Wildman–Crippen MR) is 97.5 cm³/mol. The fraction of sp³-hybridized carbons (Fsp3) is 0.500. The largest absolute Gasteiger partial charge is 0.481 e. The fourth-order valence-electron chi connectivity index (χ4n) is 3.67. The number of halogens is 2. The average Bonchev–Trinajstić information content (AvgIpc) is 3.12. The predicted octanol–water partition coefficient (Wildman–Crippen LogP) is 2.92. The number of carbonyl (C=O) groups excluding carboxylic acids is 2. The molecule has 2 saturated heterocycles. The summed E-state index contributed by atoms with van der Waals surface area (Å²) in [4.78, 5) is 40.2. The Bertz CT molecular complexity index is 740. The summed E-state index contributed by atoms with van der Waals surface area (Å²) < 4.78 is 0. The second kappa shape index (κ2) is 7.84. The van der Waals surface area contributed by atoms with E-state index in [4.69, 9.17) is 23.2 Å². The molecule has 1 N–H and O–H groups in total. The Labute approximate surface area is 161 Å². The second-order valence-electron chi connectivity index (χ2n) is 6.74. The molecule has 0 aliphatic carbocycles. The molecule has 0 bridgehead atoms. The van der Waals surface area contributed by atoms with E-state index in [2.05, 4.69) is 0 Å². The van der Waals surface area contributed by atoms with Crippen LogP contribution in [0.2, 0.25) is 10.0 Å². The van der Waals surface area contributed by atoms with E-state index in [1.807, 2.05) is 0 Å². The smallest absolute Gasteiger partial charge is 0.308 e. The van der Waals surface area contributed by atoms with E-state index in [0.29, 0.717) is 42.4 Å². The van der Waals surface area contributed by atoms with Crippen LogP contribution in [0.4, 0.5) is 0 Å². The highest BCUT2D eigenvalue weighted by molar-refractivity contribution is 6.35. The highest BCUT2D eigenvalue weighted by Crippen LogP contribution is 2.28. The maximum absolute atomic E-state index is 12.9. The van der Waals surface area contributed by atoms with E-state index >= 15 is 0 Å². The molecule has 2 amide bonds. The molecule has 0 saturated carbocycles. The van der Waals surface area contributed by atoms with Gasteiger partial charge in [-0.05, 0) is 43.9 Å². The van der Waals surface area contributed by atoms with Crippen LogP contribution in [0.1, 0.15) is 36.0 Å². The van der Waals surface area contributed by atoms with Gasteiger partial charge in [0.25, 0.3) is 5.91 Å². The number of carboxylic acids is 1. The van der Waals surface area contributed by atoms with Crippen LogP contribution in [0.3, 0.4) is 0 Å². The van der Waals surface area contributed by atoms with Crippen LogP contribution < -0.4 is 0 Å². The fourth-order valence-corrected chi connectivity index (χ4v) is 4.04. The standard InChI is InChI=1S/C18H20Cl2N2O4/c19-12-5-6-14(20)13(9-12)16(23)22-8-2-4-15(22)17(24)21-7-1-3-11(10-21)18(25)26/h5-6,9,11,15H,1-4,7-8,10H2,(H,25,26)/t11-,15-/m0/s1. The molecule has 2 atom stereocenters. The Morgan fingerprint density at radius 1 is 1.08 bits per heavy atom. The molecule has 0 spiro atoms. The first kappa shape index (κ1) is 19.0. The lowest BCUT2D eigenvalue weighted by Gasteiger charge is -2.35. The van der Waals surface area contributed by atoms with Crippen molar-refractivity contribution in [2.24, 2.45) is 5.92 Å². The number of hydrogen-bond acceptors (Lipinski definition) is 3. The summed E-state index contributed by atoms with van der Waals surface area (Å²) in [5.41, 5.74) is 0.279. The molecule has 0 radical (unpaired) electrons. The van der Waals surface area contributed by atoms with Gasteiger partial charge in [0.05, 0.1) is 16.5 Å². The average molecular weight is 399 g/mol. The molecule has 0 unspecified atom stereocenters. The van der Waals surface area contributed by atoms with Crippen molar-refractivity contribution in [2.45, 2.75) is 31.7 Å². The maximum atomic E-state index is 12.9. The number of carbonyl (C=O) groups is 3. The number of nitrogens with zero attached hydrogens (tertiary/aromatic N) is 2. The number of rotatable bonds is 3.